The largest absolute Gasteiger partial charge is 0.396 e. The number of pyridine rings is 1. The molecule has 1 aromatic heterocycles. The Bertz CT molecular complexity index is 479. The first-order valence-corrected chi connectivity index (χ1v) is 7.69. The number of rotatable bonds is 2. The molecule has 4 saturated carbocycles. The lowest BCUT2D eigenvalue weighted by Crippen LogP contribution is -2.55. The molecule has 102 valence electrons. The average molecular weight is 278 g/mol. The summed E-state index contributed by atoms with van der Waals surface area (Å²) in [4.78, 5) is 4.39. The second-order valence-corrected chi connectivity index (χ2v) is 7.35. The Kier molecular flexibility index (Phi) is 2.50. The van der Waals surface area contributed by atoms with Gasteiger partial charge in [0.05, 0.1) is 10.7 Å². The molecule has 3 N–H and O–H groups in total. The van der Waals surface area contributed by atoms with Crippen LogP contribution in [-0.2, 0) is 0 Å². The number of halogens is 1. The highest BCUT2D eigenvalue weighted by Crippen LogP contribution is 2.56. The highest BCUT2D eigenvalue weighted by molar-refractivity contribution is 6.30. The van der Waals surface area contributed by atoms with Crippen LogP contribution in [0.25, 0.3) is 0 Å². The Labute approximate surface area is 118 Å². The van der Waals surface area contributed by atoms with Gasteiger partial charge in [0.1, 0.15) is 5.82 Å². The van der Waals surface area contributed by atoms with Gasteiger partial charge in [-0.15, -0.1) is 0 Å². The van der Waals surface area contributed by atoms with Crippen LogP contribution >= 0.6 is 11.6 Å². The summed E-state index contributed by atoms with van der Waals surface area (Å²) >= 11 is 5.92. The maximum Gasteiger partial charge on any atom is 0.149 e. The second kappa shape index (κ2) is 4.02. The number of aromatic nitrogens is 1. The molecule has 5 rings (SSSR count). The average Bonchev–Trinajstić information content (AvgIpc) is 2.31. The number of hydrogen-bond donors (Lipinski definition) is 2. The minimum atomic E-state index is 0.254. The van der Waals surface area contributed by atoms with Gasteiger partial charge in [-0.25, -0.2) is 4.98 Å². The summed E-state index contributed by atoms with van der Waals surface area (Å²) < 4.78 is 0. The fourth-order valence-corrected chi connectivity index (χ4v) is 5.24. The fraction of sp³-hybridized carbons (Fsp3) is 0.667. The third-order valence-corrected chi connectivity index (χ3v) is 5.51. The molecule has 0 aromatic carbocycles. The molecule has 0 aliphatic heterocycles. The van der Waals surface area contributed by atoms with E-state index in [1.807, 2.05) is 0 Å². The molecule has 4 aliphatic carbocycles. The molecule has 0 atom stereocenters. The summed E-state index contributed by atoms with van der Waals surface area (Å²) in [5.41, 5.74) is 6.96. The molecular formula is C15H20ClN3. The highest BCUT2D eigenvalue weighted by Gasteiger charge is 2.51. The molecule has 0 unspecified atom stereocenters. The molecule has 3 nitrogen and oxygen atoms in total. The van der Waals surface area contributed by atoms with Crippen molar-refractivity contribution in [2.24, 2.45) is 17.8 Å². The molecule has 4 heteroatoms. The lowest BCUT2D eigenvalue weighted by Gasteiger charge is -2.57. The second-order valence-electron chi connectivity index (χ2n) is 6.91. The smallest absolute Gasteiger partial charge is 0.149 e. The quantitative estimate of drug-likeness (QED) is 0.867. The molecule has 4 fully saturated rings. The van der Waals surface area contributed by atoms with E-state index in [0.717, 1.165) is 23.6 Å². The van der Waals surface area contributed by atoms with E-state index >= 15 is 0 Å². The first-order valence-electron chi connectivity index (χ1n) is 7.31. The molecule has 4 bridgehead atoms. The van der Waals surface area contributed by atoms with Crippen molar-refractivity contribution in [3.8, 4) is 0 Å². The summed E-state index contributed by atoms with van der Waals surface area (Å²) in [6.07, 6.45) is 9.91. The Morgan fingerprint density at radius 3 is 2.26 bits per heavy atom. The number of nitrogens with zero attached hydrogens (tertiary/aromatic N) is 1. The Morgan fingerprint density at radius 2 is 1.74 bits per heavy atom. The molecule has 0 radical (unpaired) electrons. The van der Waals surface area contributed by atoms with Crippen LogP contribution in [-0.4, -0.2) is 10.5 Å². The SMILES string of the molecule is Nc1cc(Cl)cnc1NC12CC3CC(CC(C3)C1)C2. The van der Waals surface area contributed by atoms with Gasteiger partial charge in [-0.1, -0.05) is 11.6 Å². The van der Waals surface area contributed by atoms with Crippen molar-refractivity contribution in [1.29, 1.82) is 0 Å². The van der Waals surface area contributed by atoms with E-state index < -0.39 is 0 Å². The lowest BCUT2D eigenvalue weighted by molar-refractivity contribution is 0.0106. The van der Waals surface area contributed by atoms with Crippen molar-refractivity contribution in [3.05, 3.63) is 17.3 Å². The first kappa shape index (κ1) is 11.8. The van der Waals surface area contributed by atoms with E-state index in [0.29, 0.717) is 10.7 Å². The van der Waals surface area contributed by atoms with Gasteiger partial charge in [0, 0.05) is 11.7 Å². The van der Waals surface area contributed by atoms with Crippen molar-refractivity contribution >= 4 is 23.1 Å². The molecule has 4 aliphatic rings. The number of nitrogens with one attached hydrogen (secondary N) is 1. The molecule has 0 saturated heterocycles. The van der Waals surface area contributed by atoms with Crippen LogP contribution in [0.4, 0.5) is 11.5 Å². The molecule has 0 spiro atoms. The minimum Gasteiger partial charge on any atom is -0.396 e. The van der Waals surface area contributed by atoms with Gasteiger partial charge in [0.15, 0.2) is 0 Å². The fourth-order valence-electron chi connectivity index (χ4n) is 5.07. The van der Waals surface area contributed by atoms with Gasteiger partial charge in [-0.05, 0) is 62.3 Å². The minimum absolute atomic E-state index is 0.254. The zero-order valence-corrected chi connectivity index (χ0v) is 11.8. The molecule has 0 amide bonds. The number of hydrogen-bond acceptors (Lipinski definition) is 3. The predicted molar refractivity (Wildman–Crippen MR) is 78.2 cm³/mol. The van der Waals surface area contributed by atoms with Crippen LogP contribution in [0.3, 0.4) is 0 Å². The molecule has 19 heavy (non-hydrogen) atoms. The van der Waals surface area contributed by atoms with E-state index in [2.05, 4.69) is 10.3 Å². The summed E-state index contributed by atoms with van der Waals surface area (Å²) in [5.74, 6) is 3.60. The van der Waals surface area contributed by atoms with E-state index in [9.17, 15) is 0 Å². The summed E-state index contributed by atoms with van der Waals surface area (Å²) in [5, 5.41) is 4.29. The van der Waals surface area contributed by atoms with E-state index in [-0.39, 0.29) is 5.54 Å². The van der Waals surface area contributed by atoms with E-state index in [1.165, 1.54) is 38.5 Å². The maximum atomic E-state index is 6.04. The lowest BCUT2D eigenvalue weighted by atomic mass is 9.53. The number of anilines is 2. The van der Waals surface area contributed by atoms with Crippen molar-refractivity contribution in [2.45, 2.75) is 44.1 Å². The van der Waals surface area contributed by atoms with Crippen LogP contribution in [0.15, 0.2) is 12.3 Å². The van der Waals surface area contributed by atoms with Crippen LogP contribution in [0.5, 0.6) is 0 Å². The van der Waals surface area contributed by atoms with E-state index in [4.69, 9.17) is 17.3 Å². The van der Waals surface area contributed by atoms with Crippen molar-refractivity contribution < 1.29 is 0 Å². The van der Waals surface area contributed by atoms with Crippen molar-refractivity contribution in [1.82, 2.24) is 4.98 Å². The van der Waals surface area contributed by atoms with Gasteiger partial charge in [0.2, 0.25) is 0 Å². The van der Waals surface area contributed by atoms with Gasteiger partial charge in [0.25, 0.3) is 0 Å². The molecule has 1 heterocycles. The third-order valence-electron chi connectivity index (χ3n) is 5.31. The van der Waals surface area contributed by atoms with Crippen LogP contribution in [0.1, 0.15) is 38.5 Å². The van der Waals surface area contributed by atoms with E-state index in [1.54, 1.807) is 12.3 Å². The van der Waals surface area contributed by atoms with Gasteiger partial charge >= 0.3 is 0 Å². The summed E-state index contributed by atoms with van der Waals surface area (Å²) in [6.45, 7) is 0. The summed E-state index contributed by atoms with van der Waals surface area (Å²) in [6, 6.07) is 1.79. The Balaban J connectivity index is 1.62. The monoisotopic (exact) mass is 277 g/mol. The topological polar surface area (TPSA) is 50.9 Å². The normalized spacial score (nSPS) is 39.5. The Hall–Kier alpha value is -0.960. The zero-order chi connectivity index (χ0) is 13.0. The van der Waals surface area contributed by atoms with Gasteiger partial charge < -0.3 is 11.1 Å². The highest BCUT2D eigenvalue weighted by atomic mass is 35.5. The summed E-state index contributed by atoms with van der Waals surface area (Å²) in [7, 11) is 0. The van der Waals surface area contributed by atoms with Crippen LogP contribution < -0.4 is 11.1 Å². The standard InChI is InChI=1S/C15H20ClN3/c16-12-4-13(17)14(18-8-12)19-15-5-9-1-10(6-15)3-11(2-9)7-15/h4,8-11H,1-3,5-7,17H2,(H,18,19). The van der Waals surface area contributed by atoms with Crippen molar-refractivity contribution in [3.63, 3.8) is 0 Å². The Morgan fingerprint density at radius 1 is 1.16 bits per heavy atom. The predicted octanol–water partition coefficient (Wildman–Crippen LogP) is 3.70. The molecule has 1 aromatic rings. The van der Waals surface area contributed by atoms with Crippen LogP contribution in [0.2, 0.25) is 5.02 Å². The van der Waals surface area contributed by atoms with Crippen LogP contribution in [0, 0.1) is 17.8 Å². The number of nitrogen functional groups attached to an aromatic ring is 1. The first-order chi connectivity index (χ1) is 9.12. The molecular weight excluding hydrogens is 258 g/mol. The third kappa shape index (κ3) is 1.99. The number of nitrogens with two attached hydrogens (primary N) is 1. The zero-order valence-electron chi connectivity index (χ0n) is 11.0. The van der Waals surface area contributed by atoms with Gasteiger partial charge in [-0.2, -0.15) is 0 Å². The van der Waals surface area contributed by atoms with Crippen molar-refractivity contribution in [2.75, 3.05) is 11.1 Å². The maximum absolute atomic E-state index is 6.04. The van der Waals surface area contributed by atoms with Gasteiger partial charge in [-0.3, -0.25) is 0 Å².